The van der Waals surface area contributed by atoms with E-state index in [0.717, 1.165) is 22.5 Å². The molecule has 0 saturated heterocycles. The van der Waals surface area contributed by atoms with Crippen molar-refractivity contribution in [1.29, 1.82) is 0 Å². The van der Waals surface area contributed by atoms with Gasteiger partial charge >= 0.3 is 0 Å². The molecular weight excluding hydrogens is 521 g/mol. The number of rotatable bonds is 10. The minimum absolute atomic E-state index is 0.0304. The van der Waals surface area contributed by atoms with E-state index in [4.69, 9.17) is 34.8 Å². The van der Waals surface area contributed by atoms with Crippen LogP contribution < -0.4 is 9.62 Å². The lowest BCUT2D eigenvalue weighted by atomic mass is 10.1. The fourth-order valence-corrected chi connectivity index (χ4v) is 4.50. The second kappa shape index (κ2) is 12.1. The minimum Gasteiger partial charge on any atom is -0.354 e. The molecular formula is C23H28Cl3N3O4S. The summed E-state index contributed by atoms with van der Waals surface area (Å²) in [5.74, 6) is -0.910. The van der Waals surface area contributed by atoms with Crippen LogP contribution in [0.2, 0.25) is 15.1 Å². The van der Waals surface area contributed by atoms with Crippen molar-refractivity contribution in [2.45, 2.75) is 39.8 Å². The fourth-order valence-electron chi connectivity index (χ4n) is 3.16. The van der Waals surface area contributed by atoms with Gasteiger partial charge in [0.2, 0.25) is 21.8 Å². The van der Waals surface area contributed by atoms with Gasteiger partial charge in [-0.05, 0) is 55.7 Å². The Morgan fingerprint density at radius 2 is 1.71 bits per heavy atom. The molecule has 2 aromatic carbocycles. The summed E-state index contributed by atoms with van der Waals surface area (Å²) in [6.07, 6.45) is 1.74. The number of carbonyl (C=O) groups excluding carboxylic acids is 2. The molecule has 0 spiro atoms. The van der Waals surface area contributed by atoms with Crippen LogP contribution in [-0.2, 0) is 26.2 Å². The van der Waals surface area contributed by atoms with Crippen molar-refractivity contribution in [3.05, 3.63) is 62.6 Å². The third-order valence-electron chi connectivity index (χ3n) is 5.18. The van der Waals surface area contributed by atoms with Gasteiger partial charge in [-0.3, -0.25) is 13.9 Å². The Morgan fingerprint density at radius 3 is 2.26 bits per heavy atom. The number of nitrogens with one attached hydrogen (secondary N) is 1. The SMILES string of the molecule is CCCNC(=O)[C@H](C)N(Cc1ccc(Cl)c(Cl)c1)C(=O)CN(c1ccc(C)c(Cl)c1)S(C)(=O)=O. The molecule has 2 amide bonds. The maximum absolute atomic E-state index is 13.4. The highest BCUT2D eigenvalue weighted by Gasteiger charge is 2.30. The highest BCUT2D eigenvalue weighted by Crippen LogP contribution is 2.26. The highest BCUT2D eigenvalue weighted by molar-refractivity contribution is 7.92. The summed E-state index contributed by atoms with van der Waals surface area (Å²) in [6, 6.07) is 8.78. The van der Waals surface area contributed by atoms with Crippen LogP contribution in [0, 0.1) is 6.92 Å². The van der Waals surface area contributed by atoms with Gasteiger partial charge in [-0.15, -0.1) is 0 Å². The zero-order valence-electron chi connectivity index (χ0n) is 19.4. The van der Waals surface area contributed by atoms with Crippen LogP contribution in [0.1, 0.15) is 31.4 Å². The molecule has 2 aromatic rings. The fraction of sp³-hybridized carbons (Fsp3) is 0.391. The first-order chi connectivity index (χ1) is 15.8. The Hall–Kier alpha value is -2.00. The van der Waals surface area contributed by atoms with Crippen molar-refractivity contribution < 1.29 is 18.0 Å². The summed E-state index contributed by atoms with van der Waals surface area (Å²) >= 11 is 18.3. The zero-order chi connectivity index (χ0) is 25.6. The molecule has 0 aliphatic rings. The van der Waals surface area contributed by atoms with Crippen LogP contribution in [0.25, 0.3) is 0 Å². The summed E-state index contributed by atoms with van der Waals surface area (Å²) in [5.41, 5.74) is 1.67. The average Bonchev–Trinajstić information content (AvgIpc) is 2.77. The van der Waals surface area contributed by atoms with E-state index in [1.807, 2.05) is 6.92 Å². The first-order valence-electron chi connectivity index (χ1n) is 10.6. The topological polar surface area (TPSA) is 86.8 Å². The third-order valence-corrected chi connectivity index (χ3v) is 7.46. The largest absolute Gasteiger partial charge is 0.354 e. The molecule has 0 bridgehead atoms. The number of hydrogen-bond acceptors (Lipinski definition) is 4. The molecule has 0 saturated carbocycles. The summed E-state index contributed by atoms with van der Waals surface area (Å²) in [7, 11) is -3.83. The number of carbonyl (C=O) groups is 2. The Labute approximate surface area is 216 Å². The van der Waals surface area contributed by atoms with E-state index in [0.29, 0.717) is 27.2 Å². The Morgan fingerprint density at radius 1 is 1.03 bits per heavy atom. The van der Waals surface area contributed by atoms with E-state index < -0.39 is 28.5 Å². The van der Waals surface area contributed by atoms with Gasteiger partial charge in [-0.25, -0.2) is 8.42 Å². The maximum atomic E-state index is 13.4. The number of nitrogens with zero attached hydrogens (tertiary/aromatic N) is 2. The number of sulfonamides is 1. The smallest absolute Gasteiger partial charge is 0.244 e. The van der Waals surface area contributed by atoms with Crippen molar-refractivity contribution in [1.82, 2.24) is 10.2 Å². The number of aryl methyl sites for hydroxylation is 1. The second-order valence-corrected chi connectivity index (χ2v) is 11.1. The van der Waals surface area contributed by atoms with E-state index in [2.05, 4.69) is 5.32 Å². The lowest BCUT2D eigenvalue weighted by Crippen LogP contribution is -2.51. The number of halogens is 3. The molecule has 1 N–H and O–H groups in total. The lowest BCUT2D eigenvalue weighted by Gasteiger charge is -2.31. The summed E-state index contributed by atoms with van der Waals surface area (Å²) in [6.45, 7) is 5.27. The average molecular weight is 549 g/mol. The quantitative estimate of drug-likeness (QED) is 0.468. The standard InChI is InChI=1S/C23H28Cl3N3O4S/c1-5-10-27-23(31)16(3)28(13-17-7-9-19(24)21(26)11-17)22(30)14-29(34(4,32)33)18-8-6-15(2)20(25)12-18/h6-9,11-12,16H,5,10,13-14H2,1-4H3,(H,27,31)/t16-/m0/s1. The van der Waals surface area contributed by atoms with Gasteiger partial charge in [0, 0.05) is 18.1 Å². The van der Waals surface area contributed by atoms with E-state index in [1.165, 1.54) is 11.0 Å². The highest BCUT2D eigenvalue weighted by atomic mass is 35.5. The molecule has 0 unspecified atom stereocenters. The van der Waals surface area contributed by atoms with Crippen LogP contribution in [-0.4, -0.2) is 50.5 Å². The number of amides is 2. The molecule has 2 rings (SSSR count). The lowest BCUT2D eigenvalue weighted by molar-refractivity contribution is -0.139. The van der Waals surface area contributed by atoms with E-state index in [1.54, 1.807) is 44.2 Å². The Kier molecular flexibility index (Phi) is 10.1. The molecule has 0 radical (unpaired) electrons. The van der Waals surface area contributed by atoms with Crippen LogP contribution in [0.3, 0.4) is 0 Å². The van der Waals surface area contributed by atoms with E-state index in [-0.39, 0.29) is 18.1 Å². The maximum Gasteiger partial charge on any atom is 0.244 e. The molecule has 7 nitrogen and oxygen atoms in total. The third kappa shape index (κ3) is 7.50. The van der Waals surface area contributed by atoms with Crippen molar-refractivity contribution in [3.63, 3.8) is 0 Å². The van der Waals surface area contributed by atoms with Crippen molar-refractivity contribution >= 4 is 62.3 Å². The van der Waals surface area contributed by atoms with Crippen LogP contribution in [0.4, 0.5) is 5.69 Å². The minimum atomic E-state index is -3.83. The molecule has 0 heterocycles. The van der Waals surface area contributed by atoms with Gasteiger partial charge in [0.15, 0.2) is 0 Å². The number of anilines is 1. The van der Waals surface area contributed by atoms with E-state index in [9.17, 15) is 18.0 Å². The van der Waals surface area contributed by atoms with Crippen molar-refractivity contribution in [2.24, 2.45) is 0 Å². The van der Waals surface area contributed by atoms with Gasteiger partial charge in [0.05, 0.1) is 22.0 Å². The van der Waals surface area contributed by atoms with Crippen molar-refractivity contribution in [2.75, 3.05) is 23.7 Å². The summed E-state index contributed by atoms with van der Waals surface area (Å²) < 4.78 is 26.1. The molecule has 0 aromatic heterocycles. The molecule has 0 aliphatic heterocycles. The first kappa shape index (κ1) is 28.2. The Bertz CT molecular complexity index is 1160. The molecule has 186 valence electrons. The van der Waals surface area contributed by atoms with Gasteiger partial charge in [-0.2, -0.15) is 0 Å². The Balaban J connectivity index is 2.41. The monoisotopic (exact) mass is 547 g/mol. The molecule has 0 aliphatic carbocycles. The van der Waals surface area contributed by atoms with E-state index >= 15 is 0 Å². The number of benzene rings is 2. The first-order valence-corrected chi connectivity index (χ1v) is 13.6. The van der Waals surface area contributed by atoms with Gasteiger partial charge in [0.1, 0.15) is 12.6 Å². The molecule has 11 heteroatoms. The van der Waals surface area contributed by atoms with Gasteiger partial charge in [0.25, 0.3) is 0 Å². The predicted molar refractivity (Wildman–Crippen MR) is 138 cm³/mol. The normalized spacial score (nSPS) is 12.2. The van der Waals surface area contributed by atoms with Crippen molar-refractivity contribution in [3.8, 4) is 0 Å². The zero-order valence-corrected chi connectivity index (χ0v) is 22.5. The predicted octanol–water partition coefficient (Wildman–Crippen LogP) is 4.66. The molecule has 34 heavy (non-hydrogen) atoms. The van der Waals surface area contributed by atoms with Crippen LogP contribution in [0.5, 0.6) is 0 Å². The summed E-state index contributed by atoms with van der Waals surface area (Å²) in [5, 5.41) is 3.81. The van der Waals surface area contributed by atoms with Gasteiger partial charge < -0.3 is 10.2 Å². The van der Waals surface area contributed by atoms with Crippen LogP contribution >= 0.6 is 34.8 Å². The molecule has 0 fully saturated rings. The second-order valence-electron chi connectivity index (χ2n) is 7.94. The van der Waals surface area contributed by atoms with Gasteiger partial charge in [-0.1, -0.05) is 53.9 Å². The van der Waals surface area contributed by atoms with Crippen LogP contribution in [0.15, 0.2) is 36.4 Å². The summed E-state index contributed by atoms with van der Waals surface area (Å²) in [4.78, 5) is 27.5. The molecule has 1 atom stereocenters. The number of hydrogen-bond donors (Lipinski definition) is 1.